The van der Waals surface area contributed by atoms with E-state index in [1.54, 1.807) is 0 Å². The summed E-state index contributed by atoms with van der Waals surface area (Å²) in [5.41, 5.74) is 2.18. The van der Waals surface area contributed by atoms with Crippen LogP contribution in [0.15, 0.2) is 30.3 Å². The molecule has 24 heavy (non-hydrogen) atoms. The summed E-state index contributed by atoms with van der Waals surface area (Å²) >= 11 is 1.46. The molecule has 3 aromatic rings. The summed E-state index contributed by atoms with van der Waals surface area (Å²) in [6, 6.07) is 10.3. The summed E-state index contributed by atoms with van der Waals surface area (Å²) in [6.45, 7) is 9.89. The lowest BCUT2D eigenvalue weighted by Gasteiger charge is -2.17. The molecule has 0 spiro atoms. The van der Waals surface area contributed by atoms with Crippen LogP contribution in [-0.4, -0.2) is 42.0 Å². The highest BCUT2D eigenvalue weighted by Crippen LogP contribution is 2.27. The van der Waals surface area contributed by atoms with E-state index in [1.165, 1.54) is 16.9 Å². The fourth-order valence-corrected chi connectivity index (χ4v) is 3.74. The van der Waals surface area contributed by atoms with Crippen molar-refractivity contribution in [1.82, 2.24) is 15.2 Å². The number of nitrogens with one attached hydrogen (secondary N) is 1. The zero-order valence-corrected chi connectivity index (χ0v) is 15.2. The molecule has 1 aromatic carbocycles. The second-order valence-corrected chi connectivity index (χ2v) is 7.00. The zero-order valence-electron chi connectivity index (χ0n) is 14.4. The Bertz CT molecular complexity index is 868. The van der Waals surface area contributed by atoms with Crippen molar-refractivity contribution in [2.75, 3.05) is 26.2 Å². The van der Waals surface area contributed by atoms with E-state index in [0.29, 0.717) is 6.54 Å². The fourth-order valence-electron chi connectivity index (χ4n) is 2.80. The Balaban J connectivity index is 1.77. The molecule has 0 unspecified atom stereocenters. The topological polar surface area (TPSA) is 45.2 Å². The SMILES string of the molecule is CCN(CC)CCNC(=O)c1cc2cc3ccc(C)cc3nc2s1. The van der Waals surface area contributed by atoms with E-state index in [9.17, 15) is 4.79 Å². The molecule has 0 saturated heterocycles. The van der Waals surface area contributed by atoms with Gasteiger partial charge in [-0.1, -0.05) is 26.0 Å². The third-order valence-corrected chi connectivity index (χ3v) is 5.33. The number of nitrogens with zero attached hydrogens (tertiary/aromatic N) is 2. The Morgan fingerprint density at radius 1 is 1.17 bits per heavy atom. The number of thiophene rings is 1. The average Bonchev–Trinajstić information content (AvgIpc) is 2.99. The number of likely N-dealkylation sites (N-methyl/N-ethyl adjacent to an activating group) is 1. The Labute approximate surface area is 146 Å². The van der Waals surface area contributed by atoms with Gasteiger partial charge in [-0.15, -0.1) is 11.3 Å². The van der Waals surface area contributed by atoms with Crippen LogP contribution < -0.4 is 5.32 Å². The molecule has 0 atom stereocenters. The zero-order chi connectivity index (χ0) is 17.1. The monoisotopic (exact) mass is 341 g/mol. The molecule has 0 aliphatic carbocycles. The van der Waals surface area contributed by atoms with Crippen LogP contribution in [0, 0.1) is 6.92 Å². The molecule has 1 amide bonds. The molecule has 126 valence electrons. The number of aromatic nitrogens is 1. The summed E-state index contributed by atoms with van der Waals surface area (Å²) < 4.78 is 0. The minimum atomic E-state index is -0.00890. The standard InChI is InChI=1S/C19H23N3OS/c1-4-22(5-2)9-8-20-18(23)17-12-15-11-14-7-6-13(3)10-16(14)21-19(15)24-17/h6-7,10-12H,4-5,8-9H2,1-3H3,(H,20,23). The van der Waals surface area contributed by atoms with Gasteiger partial charge in [-0.2, -0.15) is 0 Å². The second-order valence-electron chi connectivity index (χ2n) is 5.97. The lowest BCUT2D eigenvalue weighted by molar-refractivity contribution is 0.0953. The third kappa shape index (κ3) is 3.57. The number of hydrogen-bond acceptors (Lipinski definition) is 4. The molecule has 0 radical (unpaired) electrons. The highest BCUT2D eigenvalue weighted by atomic mass is 32.1. The molecule has 5 heteroatoms. The van der Waals surface area contributed by atoms with E-state index in [2.05, 4.69) is 55.3 Å². The molecule has 0 aliphatic rings. The first-order chi connectivity index (χ1) is 11.6. The quantitative estimate of drug-likeness (QED) is 0.741. The maximum atomic E-state index is 12.4. The van der Waals surface area contributed by atoms with Gasteiger partial charge in [0.1, 0.15) is 4.83 Å². The molecule has 0 fully saturated rings. The lowest BCUT2D eigenvalue weighted by Crippen LogP contribution is -2.34. The van der Waals surface area contributed by atoms with E-state index < -0.39 is 0 Å². The van der Waals surface area contributed by atoms with Gasteiger partial charge >= 0.3 is 0 Å². The van der Waals surface area contributed by atoms with Crippen molar-refractivity contribution in [3.8, 4) is 0 Å². The maximum Gasteiger partial charge on any atom is 0.261 e. The largest absolute Gasteiger partial charge is 0.350 e. The summed E-state index contributed by atoms with van der Waals surface area (Å²) in [6.07, 6.45) is 0. The molecule has 4 nitrogen and oxygen atoms in total. The van der Waals surface area contributed by atoms with E-state index in [1.807, 2.05) is 6.07 Å². The highest BCUT2D eigenvalue weighted by molar-refractivity contribution is 7.20. The van der Waals surface area contributed by atoms with Crippen molar-refractivity contribution in [3.63, 3.8) is 0 Å². The summed E-state index contributed by atoms with van der Waals surface area (Å²) in [7, 11) is 0. The van der Waals surface area contributed by atoms with Crippen molar-refractivity contribution in [2.24, 2.45) is 0 Å². The smallest absolute Gasteiger partial charge is 0.261 e. The normalized spacial score (nSPS) is 11.5. The number of fused-ring (bicyclic) bond motifs is 2. The minimum Gasteiger partial charge on any atom is -0.350 e. The first-order valence-corrected chi connectivity index (χ1v) is 9.24. The van der Waals surface area contributed by atoms with Gasteiger partial charge in [0.2, 0.25) is 0 Å². The number of carbonyl (C=O) groups is 1. The average molecular weight is 341 g/mol. The highest BCUT2D eigenvalue weighted by Gasteiger charge is 2.12. The number of amides is 1. The van der Waals surface area contributed by atoms with Crippen LogP contribution in [0.25, 0.3) is 21.1 Å². The van der Waals surface area contributed by atoms with Crippen molar-refractivity contribution < 1.29 is 4.79 Å². The van der Waals surface area contributed by atoms with Crippen LogP contribution in [-0.2, 0) is 0 Å². The van der Waals surface area contributed by atoms with Gasteiger partial charge in [0, 0.05) is 23.9 Å². The molecule has 0 aliphatic heterocycles. The van der Waals surface area contributed by atoms with Crippen LogP contribution in [0.4, 0.5) is 0 Å². The van der Waals surface area contributed by atoms with Crippen LogP contribution in [0.2, 0.25) is 0 Å². The number of hydrogen-bond donors (Lipinski definition) is 1. The van der Waals surface area contributed by atoms with E-state index in [4.69, 9.17) is 4.98 Å². The number of aryl methyl sites for hydroxylation is 1. The first kappa shape index (κ1) is 16.9. The molecule has 2 heterocycles. The van der Waals surface area contributed by atoms with Crippen molar-refractivity contribution in [2.45, 2.75) is 20.8 Å². The third-order valence-electron chi connectivity index (χ3n) is 4.29. The van der Waals surface area contributed by atoms with Gasteiger partial charge < -0.3 is 10.2 Å². The van der Waals surface area contributed by atoms with Crippen LogP contribution in [0.1, 0.15) is 29.1 Å². The summed E-state index contributed by atoms with van der Waals surface area (Å²) in [4.78, 5) is 21.0. The van der Waals surface area contributed by atoms with Gasteiger partial charge in [-0.25, -0.2) is 4.98 Å². The van der Waals surface area contributed by atoms with Crippen LogP contribution in [0.3, 0.4) is 0 Å². The van der Waals surface area contributed by atoms with Crippen molar-refractivity contribution in [3.05, 3.63) is 40.8 Å². The van der Waals surface area contributed by atoms with Gasteiger partial charge in [0.05, 0.1) is 10.4 Å². The Morgan fingerprint density at radius 3 is 2.71 bits per heavy atom. The minimum absolute atomic E-state index is 0.00890. The number of rotatable bonds is 6. The molecular weight excluding hydrogens is 318 g/mol. The Kier molecular flexibility index (Phi) is 5.11. The number of benzene rings is 1. The van der Waals surface area contributed by atoms with Gasteiger partial charge in [-0.05, 0) is 43.8 Å². The molecular formula is C19H23N3OS. The van der Waals surface area contributed by atoms with Gasteiger partial charge in [0.25, 0.3) is 5.91 Å². The molecule has 3 rings (SSSR count). The Hall–Kier alpha value is -1.98. The lowest BCUT2D eigenvalue weighted by atomic mass is 10.1. The fraction of sp³-hybridized carbons (Fsp3) is 0.368. The van der Waals surface area contributed by atoms with Crippen LogP contribution >= 0.6 is 11.3 Å². The summed E-state index contributed by atoms with van der Waals surface area (Å²) in [5, 5.41) is 5.15. The van der Waals surface area contributed by atoms with Gasteiger partial charge in [0.15, 0.2) is 0 Å². The number of carbonyl (C=O) groups excluding carboxylic acids is 1. The molecule has 2 aromatic heterocycles. The van der Waals surface area contributed by atoms with Crippen molar-refractivity contribution in [1.29, 1.82) is 0 Å². The Morgan fingerprint density at radius 2 is 1.96 bits per heavy atom. The van der Waals surface area contributed by atoms with E-state index in [-0.39, 0.29) is 5.91 Å². The maximum absolute atomic E-state index is 12.4. The van der Waals surface area contributed by atoms with Gasteiger partial charge in [-0.3, -0.25) is 4.79 Å². The molecule has 1 N–H and O–H groups in total. The van der Waals surface area contributed by atoms with Crippen LogP contribution in [0.5, 0.6) is 0 Å². The van der Waals surface area contributed by atoms with Crippen molar-refractivity contribution >= 4 is 38.4 Å². The summed E-state index contributed by atoms with van der Waals surface area (Å²) in [5.74, 6) is -0.00890. The van der Waals surface area contributed by atoms with E-state index >= 15 is 0 Å². The number of pyridine rings is 1. The first-order valence-electron chi connectivity index (χ1n) is 8.42. The predicted octanol–water partition coefficient (Wildman–Crippen LogP) is 3.83. The van der Waals surface area contributed by atoms with E-state index in [0.717, 1.165) is 45.6 Å². The predicted molar refractivity (Wildman–Crippen MR) is 102 cm³/mol. The molecule has 0 saturated carbocycles. The second kappa shape index (κ2) is 7.28. The molecule has 0 bridgehead atoms.